The van der Waals surface area contributed by atoms with Gasteiger partial charge in [0.05, 0.1) is 23.3 Å². The van der Waals surface area contributed by atoms with Crippen molar-refractivity contribution in [2.24, 2.45) is 23.0 Å². The standard InChI is InChI=1S/C25H44N2O4/c1-17(2)19(24(30)11-7-5-8-12-24)27(22(29)23(15-16-23)21(26)28)20(18(3)4)25(31)13-9-6-10-14-25/h17-20,30-31H,5-16H2,1-4H3,(H2,26,28)/t19-,20-/m1/s1. The summed E-state index contributed by atoms with van der Waals surface area (Å²) in [6, 6.07) is -0.897. The molecule has 0 aliphatic heterocycles. The first-order chi connectivity index (χ1) is 14.5. The average molecular weight is 437 g/mol. The van der Waals surface area contributed by atoms with Crippen molar-refractivity contribution < 1.29 is 19.8 Å². The molecule has 6 nitrogen and oxygen atoms in total. The van der Waals surface area contributed by atoms with Crippen molar-refractivity contribution in [3.63, 3.8) is 0 Å². The molecular formula is C25H44N2O4. The third kappa shape index (κ3) is 4.52. The molecule has 4 N–H and O–H groups in total. The van der Waals surface area contributed by atoms with Crippen LogP contribution in [0, 0.1) is 17.3 Å². The quantitative estimate of drug-likeness (QED) is 0.506. The van der Waals surface area contributed by atoms with Gasteiger partial charge >= 0.3 is 0 Å². The number of carbonyl (C=O) groups is 2. The van der Waals surface area contributed by atoms with E-state index in [1.54, 1.807) is 4.90 Å². The summed E-state index contributed by atoms with van der Waals surface area (Å²) < 4.78 is 0. The van der Waals surface area contributed by atoms with Gasteiger partial charge in [-0.3, -0.25) is 9.59 Å². The summed E-state index contributed by atoms with van der Waals surface area (Å²) in [6.45, 7) is 8.18. The minimum atomic E-state index is -1.17. The van der Waals surface area contributed by atoms with Crippen molar-refractivity contribution >= 4 is 11.8 Å². The summed E-state index contributed by atoms with van der Waals surface area (Å²) in [6.07, 6.45) is 9.40. The van der Waals surface area contributed by atoms with Crippen molar-refractivity contribution in [3.05, 3.63) is 0 Å². The van der Waals surface area contributed by atoms with Crippen LogP contribution in [0.2, 0.25) is 0 Å². The fraction of sp³-hybridized carbons (Fsp3) is 0.920. The molecule has 0 aromatic carbocycles. The number of hydrogen-bond acceptors (Lipinski definition) is 4. The number of nitrogens with two attached hydrogens (primary N) is 1. The highest BCUT2D eigenvalue weighted by molar-refractivity contribution is 6.07. The van der Waals surface area contributed by atoms with Gasteiger partial charge < -0.3 is 20.8 Å². The molecule has 0 aromatic rings. The molecule has 6 heteroatoms. The molecule has 0 unspecified atom stereocenters. The number of rotatable bonds is 8. The van der Waals surface area contributed by atoms with Crippen LogP contribution >= 0.6 is 0 Å². The lowest BCUT2D eigenvalue weighted by molar-refractivity contribution is -0.180. The summed E-state index contributed by atoms with van der Waals surface area (Å²) in [5.74, 6) is -0.859. The molecule has 0 spiro atoms. The molecular weight excluding hydrogens is 392 g/mol. The summed E-state index contributed by atoms with van der Waals surface area (Å²) in [5, 5.41) is 23.7. The molecule has 3 aliphatic carbocycles. The lowest BCUT2D eigenvalue weighted by Crippen LogP contribution is -2.69. The first kappa shape index (κ1) is 24.5. The van der Waals surface area contributed by atoms with Crippen molar-refractivity contribution in [1.29, 1.82) is 0 Å². The van der Waals surface area contributed by atoms with Gasteiger partial charge in [0.1, 0.15) is 5.41 Å². The number of carbonyl (C=O) groups excluding carboxylic acids is 2. The highest BCUT2D eigenvalue weighted by atomic mass is 16.3. The van der Waals surface area contributed by atoms with Gasteiger partial charge in [0, 0.05) is 0 Å². The zero-order valence-electron chi connectivity index (χ0n) is 20.0. The van der Waals surface area contributed by atoms with Crippen LogP contribution in [0.5, 0.6) is 0 Å². The van der Waals surface area contributed by atoms with Crippen LogP contribution in [0.3, 0.4) is 0 Å². The topological polar surface area (TPSA) is 104 Å². The Hall–Kier alpha value is -1.14. The maximum atomic E-state index is 14.1. The largest absolute Gasteiger partial charge is 0.388 e. The number of primary amides is 1. The summed E-state index contributed by atoms with van der Waals surface area (Å²) in [7, 11) is 0. The second kappa shape index (κ2) is 9.01. The Kier molecular flexibility index (Phi) is 7.12. The van der Waals surface area contributed by atoms with E-state index in [1.807, 2.05) is 27.7 Å². The van der Waals surface area contributed by atoms with Crippen LogP contribution in [0.4, 0.5) is 0 Å². The molecule has 2 atom stereocenters. The van der Waals surface area contributed by atoms with Crippen molar-refractivity contribution in [2.75, 3.05) is 0 Å². The monoisotopic (exact) mass is 436 g/mol. The van der Waals surface area contributed by atoms with Crippen LogP contribution in [0.1, 0.15) is 105 Å². The molecule has 3 saturated carbocycles. The highest BCUT2D eigenvalue weighted by Gasteiger charge is 2.62. The van der Waals surface area contributed by atoms with Gasteiger partial charge in [0.25, 0.3) is 0 Å². The smallest absolute Gasteiger partial charge is 0.238 e. The van der Waals surface area contributed by atoms with Crippen LogP contribution < -0.4 is 5.73 Å². The van der Waals surface area contributed by atoms with Gasteiger partial charge in [0.2, 0.25) is 11.8 Å². The molecule has 0 heterocycles. The molecule has 3 aliphatic rings. The number of amides is 2. The molecule has 2 amide bonds. The van der Waals surface area contributed by atoms with Crippen LogP contribution in [-0.4, -0.2) is 50.2 Å². The number of hydrogen-bond donors (Lipinski definition) is 3. The van der Waals surface area contributed by atoms with Crippen LogP contribution in [-0.2, 0) is 9.59 Å². The van der Waals surface area contributed by atoms with E-state index in [4.69, 9.17) is 5.73 Å². The molecule has 178 valence electrons. The Balaban J connectivity index is 2.12. The van der Waals surface area contributed by atoms with Crippen molar-refractivity contribution in [3.8, 4) is 0 Å². The fourth-order valence-corrected chi connectivity index (χ4v) is 6.68. The normalized spacial score (nSPS) is 26.3. The first-order valence-electron chi connectivity index (χ1n) is 12.6. The Morgan fingerprint density at radius 2 is 1.06 bits per heavy atom. The van der Waals surface area contributed by atoms with Gasteiger partial charge in [0.15, 0.2) is 0 Å². The Morgan fingerprint density at radius 1 is 0.710 bits per heavy atom. The molecule has 3 fully saturated rings. The van der Waals surface area contributed by atoms with E-state index in [0.29, 0.717) is 38.5 Å². The fourth-order valence-electron chi connectivity index (χ4n) is 6.68. The van der Waals surface area contributed by atoms with Crippen LogP contribution in [0.15, 0.2) is 0 Å². The first-order valence-corrected chi connectivity index (χ1v) is 12.6. The summed E-state index contributed by atoms with van der Waals surface area (Å²) in [5.41, 5.74) is 2.55. The Bertz CT molecular complexity index is 622. The Labute approximate surface area is 187 Å². The van der Waals surface area contributed by atoms with Gasteiger partial charge in [-0.2, -0.15) is 0 Å². The number of aliphatic hydroxyl groups is 2. The molecule has 0 saturated heterocycles. The zero-order chi connectivity index (χ0) is 23.0. The minimum Gasteiger partial charge on any atom is -0.388 e. The van der Waals surface area contributed by atoms with E-state index in [9.17, 15) is 19.8 Å². The lowest BCUT2D eigenvalue weighted by atomic mass is 9.70. The van der Waals surface area contributed by atoms with Gasteiger partial charge in [-0.1, -0.05) is 66.2 Å². The highest BCUT2D eigenvalue weighted by Crippen LogP contribution is 2.51. The number of nitrogens with zero attached hydrogens (tertiary/aromatic N) is 1. The molecule has 0 radical (unpaired) electrons. The average Bonchev–Trinajstić information content (AvgIpc) is 3.49. The van der Waals surface area contributed by atoms with E-state index >= 15 is 0 Å². The third-order valence-electron chi connectivity index (χ3n) is 8.27. The summed E-state index contributed by atoms with van der Waals surface area (Å²) >= 11 is 0. The van der Waals surface area contributed by atoms with E-state index < -0.39 is 34.6 Å². The molecule has 3 rings (SSSR count). The molecule has 0 bridgehead atoms. The van der Waals surface area contributed by atoms with Crippen molar-refractivity contribution in [2.45, 2.75) is 128 Å². The van der Waals surface area contributed by atoms with Gasteiger partial charge in [-0.05, 0) is 50.4 Å². The predicted octanol–water partition coefficient (Wildman–Crippen LogP) is 3.52. The van der Waals surface area contributed by atoms with E-state index in [0.717, 1.165) is 38.5 Å². The van der Waals surface area contributed by atoms with Gasteiger partial charge in [-0.25, -0.2) is 0 Å². The van der Waals surface area contributed by atoms with E-state index in [2.05, 4.69) is 0 Å². The zero-order valence-corrected chi connectivity index (χ0v) is 20.0. The maximum absolute atomic E-state index is 14.1. The van der Waals surface area contributed by atoms with E-state index in [-0.39, 0.29) is 17.7 Å². The minimum absolute atomic E-state index is 0.0100. The molecule has 31 heavy (non-hydrogen) atoms. The van der Waals surface area contributed by atoms with Crippen molar-refractivity contribution in [1.82, 2.24) is 4.90 Å². The summed E-state index contributed by atoms with van der Waals surface area (Å²) in [4.78, 5) is 28.3. The maximum Gasteiger partial charge on any atom is 0.238 e. The molecule has 0 aromatic heterocycles. The second-order valence-electron chi connectivity index (χ2n) is 11.4. The van der Waals surface area contributed by atoms with Crippen LogP contribution in [0.25, 0.3) is 0 Å². The second-order valence-corrected chi connectivity index (χ2v) is 11.4. The SMILES string of the molecule is CC(C)[C@@H](N(C(=O)C1(C(N)=O)CC1)[C@H](C(C)C)C1(O)CCCCC1)C1(O)CCCCC1. The Morgan fingerprint density at radius 3 is 1.32 bits per heavy atom. The van der Waals surface area contributed by atoms with E-state index in [1.165, 1.54) is 0 Å². The lowest BCUT2D eigenvalue weighted by Gasteiger charge is -2.55. The van der Waals surface area contributed by atoms with Gasteiger partial charge in [-0.15, -0.1) is 0 Å². The predicted molar refractivity (Wildman–Crippen MR) is 121 cm³/mol. The third-order valence-corrected chi connectivity index (χ3v) is 8.27.